The Morgan fingerprint density at radius 3 is 2.18 bits per heavy atom. The van der Waals surface area contributed by atoms with Gasteiger partial charge in [-0.15, -0.1) is 0 Å². The Morgan fingerprint density at radius 1 is 1.24 bits per heavy atom. The topological polar surface area (TPSA) is 46.5 Å². The summed E-state index contributed by atoms with van der Waals surface area (Å²) in [6, 6.07) is 3.51. The SMILES string of the molecule is CC[Si](CC)(CC)OCCCC=C(C)C(=O)O. The van der Waals surface area contributed by atoms with Crippen molar-refractivity contribution in [2.75, 3.05) is 6.61 Å². The molecule has 4 heteroatoms. The van der Waals surface area contributed by atoms with Crippen molar-refractivity contribution in [3.8, 4) is 0 Å². The number of allylic oxidation sites excluding steroid dienone is 1. The molecule has 0 atom stereocenters. The molecular formula is C13H26O3Si. The molecule has 0 aromatic rings. The van der Waals surface area contributed by atoms with Crippen LogP contribution in [0.25, 0.3) is 0 Å². The van der Waals surface area contributed by atoms with Gasteiger partial charge in [0.1, 0.15) is 0 Å². The number of hydrogen-bond acceptors (Lipinski definition) is 2. The fourth-order valence-electron chi connectivity index (χ4n) is 1.83. The Hall–Kier alpha value is -0.613. The molecule has 0 amide bonds. The fraction of sp³-hybridized carbons (Fsp3) is 0.769. The van der Waals surface area contributed by atoms with E-state index in [1.165, 1.54) is 18.1 Å². The number of carboxylic acids is 1. The Labute approximate surface area is 106 Å². The highest BCUT2D eigenvalue weighted by Gasteiger charge is 2.27. The molecule has 0 aromatic heterocycles. The maximum Gasteiger partial charge on any atom is 0.330 e. The number of carbonyl (C=O) groups is 1. The highest BCUT2D eigenvalue weighted by atomic mass is 28.4. The van der Waals surface area contributed by atoms with Crippen LogP contribution in [0.3, 0.4) is 0 Å². The minimum atomic E-state index is -1.45. The van der Waals surface area contributed by atoms with Crippen molar-refractivity contribution in [2.24, 2.45) is 0 Å². The normalized spacial score (nSPS) is 12.8. The molecule has 0 saturated heterocycles. The predicted octanol–water partition coefficient (Wildman–Crippen LogP) is 3.82. The van der Waals surface area contributed by atoms with E-state index in [0.717, 1.165) is 19.4 Å². The number of carboxylic acid groups (broad SMARTS) is 1. The Balaban J connectivity index is 3.91. The van der Waals surface area contributed by atoms with E-state index in [1.807, 2.05) is 0 Å². The second-order valence-corrected chi connectivity index (χ2v) is 9.20. The van der Waals surface area contributed by atoms with Crippen LogP contribution >= 0.6 is 0 Å². The summed E-state index contributed by atoms with van der Waals surface area (Å²) in [7, 11) is -1.45. The van der Waals surface area contributed by atoms with Gasteiger partial charge in [0, 0.05) is 12.2 Å². The summed E-state index contributed by atoms with van der Waals surface area (Å²) in [5, 5.41) is 8.69. The van der Waals surface area contributed by atoms with Crippen LogP contribution in [-0.4, -0.2) is 26.0 Å². The van der Waals surface area contributed by atoms with Gasteiger partial charge in [0.25, 0.3) is 0 Å². The molecule has 0 aliphatic rings. The maximum atomic E-state index is 10.6. The minimum Gasteiger partial charge on any atom is -0.478 e. The molecule has 0 unspecified atom stereocenters. The molecule has 0 aliphatic carbocycles. The molecule has 0 spiro atoms. The van der Waals surface area contributed by atoms with E-state index in [4.69, 9.17) is 9.53 Å². The Morgan fingerprint density at radius 2 is 1.76 bits per heavy atom. The third-order valence-corrected chi connectivity index (χ3v) is 8.16. The number of rotatable bonds is 9. The first-order chi connectivity index (χ1) is 8.01. The summed E-state index contributed by atoms with van der Waals surface area (Å²) in [5.41, 5.74) is 0.426. The van der Waals surface area contributed by atoms with Crippen molar-refractivity contribution >= 4 is 14.3 Å². The van der Waals surface area contributed by atoms with E-state index in [2.05, 4.69) is 20.8 Å². The zero-order chi connectivity index (χ0) is 13.3. The van der Waals surface area contributed by atoms with Gasteiger partial charge < -0.3 is 9.53 Å². The third-order valence-electron chi connectivity index (χ3n) is 3.48. The number of hydrogen-bond donors (Lipinski definition) is 1. The molecule has 1 N–H and O–H groups in total. The summed E-state index contributed by atoms with van der Waals surface area (Å²) in [6.45, 7) is 9.05. The van der Waals surface area contributed by atoms with Crippen molar-refractivity contribution < 1.29 is 14.3 Å². The first-order valence-corrected chi connectivity index (χ1v) is 9.08. The molecule has 0 bridgehead atoms. The molecule has 0 heterocycles. The van der Waals surface area contributed by atoms with E-state index in [-0.39, 0.29) is 0 Å². The average Bonchev–Trinajstić information content (AvgIpc) is 2.34. The molecule has 0 rings (SSSR count). The zero-order valence-electron chi connectivity index (χ0n) is 11.6. The lowest BCUT2D eigenvalue weighted by atomic mass is 10.2. The summed E-state index contributed by atoms with van der Waals surface area (Å²) in [4.78, 5) is 10.6. The Kier molecular flexibility index (Phi) is 8.17. The first-order valence-electron chi connectivity index (χ1n) is 6.55. The van der Waals surface area contributed by atoms with Crippen LogP contribution in [0.2, 0.25) is 18.1 Å². The number of aliphatic carboxylic acids is 1. The van der Waals surface area contributed by atoms with Crippen molar-refractivity contribution in [3.63, 3.8) is 0 Å². The standard InChI is InChI=1S/C13H26O3Si/c1-5-17(6-2,7-3)16-11-9-8-10-12(4)13(14)15/h10H,5-9,11H2,1-4H3,(H,14,15). The van der Waals surface area contributed by atoms with Gasteiger partial charge in [-0.2, -0.15) is 0 Å². The minimum absolute atomic E-state index is 0.426. The Bertz CT molecular complexity index is 249. The summed E-state index contributed by atoms with van der Waals surface area (Å²) < 4.78 is 6.08. The van der Waals surface area contributed by atoms with E-state index >= 15 is 0 Å². The maximum absolute atomic E-state index is 10.6. The van der Waals surface area contributed by atoms with E-state index in [9.17, 15) is 4.79 Å². The van der Waals surface area contributed by atoms with Crippen molar-refractivity contribution in [3.05, 3.63) is 11.6 Å². The monoisotopic (exact) mass is 258 g/mol. The van der Waals surface area contributed by atoms with Crippen LogP contribution in [-0.2, 0) is 9.22 Å². The van der Waals surface area contributed by atoms with Gasteiger partial charge in [-0.3, -0.25) is 0 Å². The van der Waals surface area contributed by atoms with E-state index < -0.39 is 14.3 Å². The smallest absolute Gasteiger partial charge is 0.330 e. The molecule has 17 heavy (non-hydrogen) atoms. The molecule has 0 aliphatic heterocycles. The van der Waals surface area contributed by atoms with Gasteiger partial charge in [-0.25, -0.2) is 4.79 Å². The first kappa shape index (κ1) is 16.4. The fourth-order valence-corrected chi connectivity index (χ4v) is 4.52. The van der Waals surface area contributed by atoms with Crippen molar-refractivity contribution in [1.29, 1.82) is 0 Å². The molecule has 0 radical (unpaired) electrons. The van der Waals surface area contributed by atoms with Gasteiger partial charge >= 0.3 is 5.97 Å². The van der Waals surface area contributed by atoms with Crippen LogP contribution in [0.15, 0.2) is 11.6 Å². The lowest BCUT2D eigenvalue weighted by Crippen LogP contribution is -2.36. The second-order valence-electron chi connectivity index (χ2n) is 4.43. The second kappa shape index (κ2) is 8.47. The molecule has 0 fully saturated rings. The van der Waals surface area contributed by atoms with E-state index in [1.54, 1.807) is 13.0 Å². The molecule has 100 valence electrons. The van der Waals surface area contributed by atoms with Crippen molar-refractivity contribution in [1.82, 2.24) is 0 Å². The average molecular weight is 258 g/mol. The quantitative estimate of drug-likeness (QED) is 0.388. The zero-order valence-corrected chi connectivity index (χ0v) is 12.6. The van der Waals surface area contributed by atoms with Crippen LogP contribution in [0, 0.1) is 0 Å². The van der Waals surface area contributed by atoms with Gasteiger partial charge in [0.2, 0.25) is 0 Å². The highest BCUT2D eigenvalue weighted by Crippen LogP contribution is 2.21. The molecular weight excluding hydrogens is 232 g/mol. The summed E-state index contributed by atoms with van der Waals surface area (Å²) in [5.74, 6) is -0.828. The van der Waals surface area contributed by atoms with Crippen molar-refractivity contribution in [2.45, 2.75) is 58.7 Å². The largest absolute Gasteiger partial charge is 0.478 e. The summed E-state index contributed by atoms with van der Waals surface area (Å²) in [6.07, 6.45) is 3.48. The van der Waals surface area contributed by atoms with Gasteiger partial charge in [-0.1, -0.05) is 26.8 Å². The van der Waals surface area contributed by atoms with Crippen LogP contribution in [0.4, 0.5) is 0 Å². The number of unbranched alkanes of at least 4 members (excludes halogenated alkanes) is 1. The molecule has 3 nitrogen and oxygen atoms in total. The summed E-state index contributed by atoms with van der Waals surface area (Å²) >= 11 is 0. The van der Waals surface area contributed by atoms with E-state index in [0.29, 0.717) is 5.57 Å². The van der Waals surface area contributed by atoms with Gasteiger partial charge in [-0.05, 0) is 37.9 Å². The van der Waals surface area contributed by atoms with Gasteiger partial charge in [0.15, 0.2) is 8.32 Å². The molecule has 0 saturated carbocycles. The van der Waals surface area contributed by atoms with Crippen LogP contribution in [0.5, 0.6) is 0 Å². The highest BCUT2D eigenvalue weighted by molar-refractivity contribution is 6.73. The lowest BCUT2D eigenvalue weighted by Gasteiger charge is -2.27. The predicted molar refractivity (Wildman–Crippen MR) is 73.8 cm³/mol. The van der Waals surface area contributed by atoms with Crippen LogP contribution in [0.1, 0.15) is 40.5 Å². The third kappa shape index (κ3) is 6.03. The molecule has 0 aromatic carbocycles. The van der Waals surface area contributed by atoms with Gasteiger partial charge in [0.05, 0.1) is 0 Å². The van der Waals surface area contributed by atoms with Crippen LogP contribution < -0.4 is 0 Å². The lowest BCUT2D eigenvalue weighted by molar-refractivity contribution is -0.132.